The molecule has 4 heteroatoms. The van der Waals surface area contributed by atoms with E-state index in [4.69, 9.17) is 11.6 Å². The Balaban J connectivity index is 1.81. The van der Waals surface area contributed by atoms with Gasteiger partial charge >= 0.3 is 0 Å². The molecule has 0 spiro atoms. The van der Waals surface area contributed by atoms with Gasteiger partial charge < -0.3 is 5.32 Å². The molecule has 0 aliphatic heterocycles. The van der Waals surface area contributed by atoms with Crippen molar-refractivity contribution >= 4 is 29.3 Å². The van der Waals surface area contributed by atoms with Gasteiger partial charge in [0.15, 0.2) is 0 Å². The molecule has 1 aliphatic rings. The minimum Gasteiger partial charge on any atom is -0.352 e. The van der Waals surface area contributed by atoms with Gasteiger partial charge in [-0.15, -0.1) is 11.8 Å². The molecule has 1 aromatic carbocycles. The first-order valence-corrected chi connectivity index (χ1v) is 8.53. The molecule has 110 valence electrons. The minimum absolute atomic E-state index is 0.0736. The lowest BCUT2D eigenvalue weighted by Gasteiger charge is -2.27. The van der Waals surface area contributed by atoms with Crippen LogP contribution in [0.4, 0.5) is 0 Å². The smallest absolute Gasteiger partial charge is 0.233 e. The second-order valence-electron chi connectivity index (χ2n) is 5.68. The summed E-state index contributed by atoms with van der Waals surface area (Å²) in [5.74, 6) is 0.952. The molecule has 1 amide bonds. The summed E-state index contributed by atoms with van der Waals surface area (Å²) in [6, 6.07) is 8.00. The van der Waals surface area contributed by atoms with E-state index in [1.807, 2.05) is 31.2 Å². The molecule has 1 aromatic rings. The van der Waals surface area contributed by atoms with Gasteiger partial charge in [-0.1, -0.05) is 18.5 Å². The van der Waals surface area contributed by atoms with Crippen LogP contribution in [0.15, 0.2) is 29.2 Å². The molecular formula is C16H22ClNOS. The maximum Gasteiger partial charge on any atom is 0.233 e. The van der Waals surface area contributed by atoms with Crippen molar-refractivity contribution < 1.29 is 4.79 Å². The number of hydrogen-bond donors (Lipinski definition) is 1. The van der Waals surface area contributed by atoms with Gasteiger partial charge in [-0.3, -0.25) is 4.79 Å². The lowest BCUT2D eigenvalue weighted by Crippen LogP contribution is -2.41. The van der Waals surface area contributed by atoms with Gasteiger partial charge in [0.25, 0.3) is 0 Å². The highest BCUT2D eigenvalue weighted by atomic mass is 35.5. The standard InChI is InChI=1S/C16H22ClNOS/c1-11-3-7-14(8-4-11)18-16(19)12(2)20-15-9-5-13(17)6-10-15/h5-6,9-12,14H,3-4,7-8H2,1-2H3,(H,18,19)/t11?,12-,14?/m0/s1. The molecular weight excluding hydrogens is 290 g/mol. The third kappa shape index (κ3) is 4.71. The molecule has 0 heterocycles. The Kier molecular flexibility index (Phi) is 5.79. The van der Waals surface area contributed by atoms with E-state index in [9.17, 15) is 4.79 Å². The van der Waals surface area contributed by atoms with Gasteiger partial charge in [-0.05, 0) is 62.8 Å². The summed E-state index contributed by atoms with van der Waals surface area (Å²) in [7, 11) is 0. The van der Waals surface area contributed by atoms with Gasteiger partial charge in [-0.2, -0.15) is 0 Å². The highest BCUT2D eigenvalue weighted by molar-refractivity contribution is 8.00. The minimum atomic E-state index is -0.0736. The van der Waals surface area contributed by atoms with Crippen molar-refractivity contribution in [2.24, 2.45) is 5.92 Å². The van der Waals surface area contributed by atoms with Crippen LogP contribution in [0.1, 0.15) is 39.5 Å². The average Bonchev–Trinajstić information content (AvgIpc) is 2.44. The van der Waals surface area contributed by atoms with Crippen molar-refractivity contribution in [1.82, 2.24) is 5.32 Å². The highest BCUT2D eigenvalue weighted by Gasteiger charge is 2.22. The van der Waals surface area contributed by atoms with Gasteiger partial charge in [-0.25, -0.2) is 0 Å². The summed E-state index contributed by atoms with van der Waals surface area (Å²) in [5, 5.41) is 3.84. The number of benzene rings is 1. The maximum absolute atomic E-state index is 12.2. The molecule has 1 fully saturated rings. The fourth-order valence-electron chi connectivity index (χ4n) is 2.49. The molecule has 2 rings (SSSR count). The monoisotopic (exact) mass is 311 g/mol. The van der Waals surface area contributed by atoms with Crippen LogP contribution in [0, 0.1) is 5.92 Å². The number of halogens is 1. The largest absolute Gasteiger partial charge is 0.352 e. The summed E-state index contributed by atoms with van der Waals surface area (Å²) in [4.78, 5) is 13.3. The van der Waals surface area contributed by atoms with Gasteiger partial charge in [0.1, 0.15) is 0 Å². The fourth-order valence-corrected chi connectivity index (χ4v) is 3.50. The van der Waals surface area contributed by atoms with Crippen molar-refractivity contribution in [3.05, 3.63) is 29.3 Å². The van der Waals surface area contributed by atoms with E-state index in [0.29, 0.717) is 6.04 Å². The Hall–Kier alpha value is -0.670. The van der Waals surface area contributed by atoms with Crippen LogP contribution in [0.25, 0.3) is 0 Å². The second-order valence-corrected chi connectivity index (χ2v) is 7.53. The first kappa shape index (κ1) is 15.7. The predicted octanol–water partition coefficient (Wildman–Crippen LogP) is 4.52. The quantitative estimate of drug-likeness (QED) is 0.829. The Morgan fingerprint density at radius 2 is 1.85 bits per heavy atom. The Bertz CT molecular complexity index is 440. The van der Waals surface area contributed by atoms with Crippen LogP contribution in [0.2, 0.25) is 5.02 Å². The van der Waals surface area contributed by atoms with Crippen molar-refractivity contribution in [3.8, 4) is 0 Å². The summed E-state index contributed by atoms with van der Waals surface area (Å²) >= 11 is 7.44. The van der Waals surface area contributed by atoms with E-state index in [1.54, 1.807) is 11.8 Å². The molecule has 1 N–H and O–H groups in total. The SMILES string of the molecule is CC1CCC(NC(=O)[C@H](C)Sc2ccc(Cl)cc2)CC1. The first-order chi connectivity index (χ1) is 9.54. The molecule has 0 radical (unpaired) electrons. The van der Waals surface area contributed by atoms with Crippen LogP contribution in [0.5, 0.6) is 0 Å². The van der Waals surface area contributed by atoms with Crippen LogP contribution in [-0.4, -0.2) is 17.2 Å². The number of carbonyl (C=O) groups is 1. The van der Waals surface area contributed by atoms with Gasteiger partial charge in [0, 0.05) is 16.0 Å². The average molecular weight is 312 g/mol. The molecule has 0 bridgehead atoms. The number of rotatable bonds is 4. The van der Waals surface area contributed by atoms with E-state index in [2.05, 4.69) is 12.2 Å². The lowest BCUT2D eigenvalue weighted by atomic mass is 9.87. The molecule has 1 saturated carbocycles. The van der Waals surface area contributed by atoms with Gasteiger partial charge in [0.05, 0.1) is 5.25 Å². The van der Waals surface area contributed by atoms with Crippen molar-refractivity contribution in [2.45, 2.75) is 55.7 Å². The van der Waals surface area contributed by atoms with Crippen LogP contribution >= 0.6 is 23.4 Å². The Morgan fingerprint density at radius 3 is 2.45 bits per heavy atom. The summed E-state index contributed by atoms with van der Waals surface area (Å²) in [5.41, 5.74) is 0. The summed E-state index contributed by atoms with van der Waals surface area (Å²) in [6.07, 6.45) is 4.68. The number of nitrogens with one attached hydrogen (secondary N) is 1. The number of amides is 1. The molecule has 0 aromatic heterocycles. The molecule has 20 heavy (non-hydrogen) atoms. The lowest BCUT2D eigenvalue weighted by molar-refractivity contribution is -0.121. The number of thioether (sulfide) groups is 1. The van der Waals surface area contributed by atoms with Gasteiger partial charge in [0.2, 0.25) is 5.91 Å². The van der Waals surface area contributed by atoms with E-state index in [1.165, 1.54) is 12.8 Å². The third-order valence-corrected chi connectivity index (χ3v) is 5.22. The number of hydrogen-bond acceptors (Lipinski definition) is 2. The Morgan fingerprint density at radius 1 is 1.25 bits per heavy atom. The van der Waals surface area contributed by atoms with E-state index < -0.39 is 0 Å². The van der Waals surface area contributed by atoms with Crippen LogP contribution in [-0.2, 0) is 4.79 Å². The zero-order valence-corrected chi connectivity index (χ0v) is 13.6. The highest BCUT2D eigenvalue weighted by Crippen LogP contribution is 2.26. The summed E-state index contributed by atoms with van der Waals surface area (Å²) < 4.78 is 0. The zero-order valence-electron chi connectivity index (χ0n) is 12.1. The van der Waals surface area contributed by atoms with E-state index >= 15 is 0 Å². The fraction of sp³-hybridized carbons (Fsp3) is 0.562. The van der Waals surface area contributed by atoms with E-state index in [-0.39, 0.29) is 11.2 Å². The van der Waals surface area contributed by atoms with Crippen molar-refractivity contribution in [3.63, 3.8) is 0 Å². The topological polar surface area (TPSA) is 29.1 Å². The molecule has 1 atom stereocenters. The molecule has 1 aliphatic carbocycles. The normalized spacial score (nSPS) is 24.1. The molecule has 0 unspecified atom stereocenters. The third-order valence-electron chi connectivity index (χ3n) is 3.86. The van der Waals surface area contributed by atoms with E-state index in [0.717, 1.165) is 28.7 Å². The van der Waals surface area contributed by atoms with Crippen molar-refractivity contribution in [2.75, 3.05) is 0 Å². The molecule has 0 saturated heterocycles. The number of carbonyl (C=O) groups excluding carboxylic acids is 1. The van der Waals surface area contributed by atoms with Crippen LogP contribution in [0.3, 0.4) is 0 Å². The molecule has 2 nitrogen and oxygen atoms in total. The maximum atomic E-state index is 12.2. The summed E-state index contributed by atoms with van der Waals surface area (Å²) in [6.45, 7) is 4.25. The van der Waals surface area contributed by atoms with Crippen LogP contribution < -0.4 is 5.32 Å². The first-order valence-electron chi connectivity index (χ1n) is 7.27. The second kappa shape index (κ2) is 7.37. The predicted molar refractivity (Wildman–Crippen MR) is 86.3 cm³/mol. The Labute approximate surface area is 130 Å². The zero-order chi connectivity index (χ0) is 14.5. The van der Waals surface area contributed by atoms with Crippen molar-refractivity contribution in [1.29, 1.82) is 0 Å².